The van der Waals surface area contributed by atoms with Crippen molar-refractivity contribution in [1.82, 2.24) is 0 Å². The molecule has 1 aromatic carbocycles. The van der Waals surface area contributed by atoms with E-state index in [9.17, 15) is 0 Å². The highest BCUT2D eigenvalue weighted by Gasteiger charge is 1.98. The molecule has 0 aromatic heterocycles. The SMILES string of the molecule is COCCCOc1ccc(C#CCCO)c(C)c1. The largest absolute Gasteiger partial charge is 0.493 e. The van der Waals surface area contributed by atoms with Crippen LogP contribution in [0.25, 0.3) is 0 Å². The first kappa shape index (κ1) is 14.6. The van der Waals surface area contributed by atoms with Crippen molar-refractivity contribution in [3.8, 4) is 17.6 Å². The zero-order valence-corrected chi connectivity index (χ0v) is 11.0. The van der Waals surface area contributed by atoms with E-state index in [1.165, 1.54) is 0 Å². The van der Waals surface area contributed by atoms with E-state index >= 15 is 0 Å². The zero-order chi connectivity index (χ0) is 13.2. The lowest BCUT2D eigenvalue weighted by atomic mass is 10.1. The summed E-state index contributed by atoms with van der Waals surface area (Å²) in [7, 11) is 1.68. The molecule has 0 bridgehead atoms. The van der Waals surface area contributed by atoms with Gasteiger partial charge in [-0.3, -0.25) is 0 Å². The molecule has 0 unspecified atom stereocenters. The van der Waals surface area contributed by atoms with Crippen LogP contribution in [0.4, 0.5) is 0 Å². The van der Waals surface area contributed by atoms with E-state index in [4.69, 9.17) is 14.6 Å². The van der Waals surface area contributed by atoms with Gasteiger partial charge in [0.1, 0.15) is 5.75 Å². The van der Waals surface area contributed by atoms with Gasteiger partial charge in [-0.25, -0.2) is 0 Å². The second kappa shape index (κ2) is 8.57. The Kier molecular flexibility index (Phi) is 6.93. The first-order valence-electron chi connectivity index (χ1n) is 6.10. The molecule has 0 aliphatic rings. The zero-order valence-electron chi connectivity index (χ0n) is 11.0. The van der Waals surface area contributed by atoms with Crippen molar-refractivity contribution < 1.29 is 14.6 Å². The van der Waals surface area contributed by atoms with Gasteiger partial charge in [0.2, 0.25) is 0 Å². The van der Waals surface area contributed by atoms with Gasteiger partial charge in [-0.05, 0) is 30.7 Å². The molecule has 0 aliphatic heterocycles. The fourth-order valence-corrected chi connectivity index (χ4v) is 1.47. The Hall–Kier alpha value is -1.50. The fourth-order valence-electron chi connectivity index (χ4n) is 1.47. The van der Waals surface area contributed by atoms with E-state index in [0.29, 0.717) is 19.6 Å². The molecule has 98 valence electrons. The molecule has 0 aliphatic carbocycles. The second-order valence-electron chi connectivity index (χ2n) is 3.95. The summed E-state index contributed by atoms with van der Waals surface area (Å²) in [5, 5.41) is 8.67. The highest BCUT2D eigenvalue weighted by atomic mass is 16.5. The van der Waals surface area contributed by atoms with Crippen LogP contribution < -0.4 is 4.74 Å². The maximum Gasteiger partial charge on any atom is 0.119 e. The first-order chi connectivity index (χ1) is 8.77. The first-order valence-corrected chi connectivity index (χ1v) is 6.10. The van der Waals surface area contributed by atoms with Crippen LogP contribution in [0, 0.1) is 18.8 Å². The molecule has 0 heterocycles. The van der Waals surface area contributed by atoms with Crippen LogP contribution in [0.5, 0.6) is 5.75 Å². The summed E-state index contributed by atoms with van der Waals surface area (Å²) in [5.41, 5.74) is 2.07. The number of aliphatic hydroxyl groups is 1. The number of ether oxygens (including phenoxy) is 2. The molecule has 1 rings (SSSR count). The molecular formula is C15H20O3. The van der Waals surface area contributed by atoms with Crippen LogP contribution in [0.2, 0.25) is 0 Å². The average Bonchev–Trinajstić information content (AvgIpc) is 2.37. The van der Waals surface area contributed by atoms with Crippen LogP contribution >= 0.6 is 0 Å². The van der Waals surface area contributed by atoms with Crippen molar-refractivity contribution in [2.75, 3.05) is 26.9 Å². The van der Waals surface area contributed by atoms with E-state index < -0.39 is 0 Å². The smallest absolute Gasteiger partial charge is 0.119 e. The molecule has 3 heteroatoms. The quantitative estimate of drug-likeness (QED) is 0.619. The van der Waals surface area contributed by atoms with Crippen LogP contribution in [-0.2, 0) is 4.74 Å². The van der Waals surface area contributed by atoms with Crippen LogP contribution in [0.15, 0.2) is 18.2 Å². The molecular weight excluding hydrogens is 228 g/mol. The van der Waals surface area contributed by atoms with Crippen LogP contribution in [0.3, 0.4) is 0 Å². The predicted octanol–water partition coefficient (Wildman–Crippen LogP) is 2.14. The standard InChI is InChI=1S/C15H20O3/c1-13-12-15(18-11-5-10-17-2)8-7-14(13)6-3-4-9-16/h7-8,12,16H,4-5,9-11H2,1-2H3. The van der Waals surface area contributed by atoms with Gasteiger partial charge in [0.15, 0.2) is 0 Å². The summed E-state index contributed by atoms with van der Waals surface area (Å²) >= 11 is 0. The van der Waals surface area contributed by atoms with Crippen LogP contribution in [0.1, 0.15) is 24.0 Å². The Balaban J connectivity index is 2.54. The van der Waals surface area contributed by atoms with Gasteiger partial charge in [0, 0.05) is 32.1 Å². The third kappa shape index (κ3) is 5.22. The van der Waals surface area contributed by atoms with Crippen molar-refractivity contribution in [3.63, 3.8) is 0 Å². The van der Waals surface area contributed by atoms with Gasteiger partial charge >= 0.3 is 0 Å². The lowest BCUT2D eigenvalue weighted by molar-refractivity contribution is 0.172. The van der Waals surface area contributed by atoms with Gasteiger partial charge in [-0.1, -0.05) is 11.8 Å². The monoisotopic (exact) mass is 248 g/mol. The van der Waals surface area contributed by atoms with Crippen molar-refractivity contribution in [2.45, 2.75) is 19.8 Å². The molecule has 0 saturated carbocycles. The van der Waals surface area contributed by atoms with Gasteiger partial charge < -0.3 is 14.6 Å². The third-order valence-corrected chi connectivity index (χ3v) is 2.42. The molecule has 0 atom stereocenters. The van der Waals surface area contributed by atoms with Gasteiger partial charge in [-0.2, -0.15) is 0 Å². The van der Waals surface area contributed by atoms with E-state index in [1.807, 2.05) is 25.1 Å². The summed E-state index contributed by atoms with van der Waals surface area (Å²) in [5.74, 6) is 6.80. The average molecular weight is 248 g/mol. The minimum Gasteiger partial charge on any atom is -0.493 e. The second-order valence-corrected chi connectivity index (χ2v) is 3.95. The minimum absolute atomic E-state index is 0.104. The molecule has 1 aromatic rings. The molecule has 0 saturated heterocycles. The van der Waals surface area contributed by atoms with Gasteiger partial charge in [0.25, 0.3) is 0 Å². The van der Waals surface area contributed by atoms with Crippen molar-refractivity contribution in [2.24, 2.45) is 0 Å². The third-order valence-electron chi connectivity index (χ3n) is 2.42. The number of hydrogen-bond donors (Lipinski definition) is 1. The van der Waals surface area contributed by atoms with Gasteiger partial charge in [-0.15, -0.1) is 0 Å². The summed E-state index contributed by atoms with van der Waals surface area (Å²) in [6.45, 7) is 3.48. The molecule has 0 fully saturated rings. The summed E-state index contributed by atoms with van der Waals surface area (Å²) in [6, 6.07) is 5.85. The maximum atomic E-state index is 8.67. The molecule has 0 spiro atoms. The molecule has 3 nitrogen and oxygen atoms in total. The lowest BCUT2D eigenvalue weighted by Gasteiger charge is -2.07. The number of methoxy groups -OCH3 is 1. The number of benzene rings is 1. The Labute approximate surface area is 109 Å². The number of hydrogen-bond acceptors (Lipinski definition) is 3. The maximum absolute atomic E-state index is 8.67. The van der Waals surface area contributed by atoms with E-state index in [0.717, 1.165) is 23.3 Å². The molecule has 18 heavy (non-hydrogen) atoms. The van der Waals surface area contributed by atoms with E-state index in [-0.39, 0.29) is 6.61 Å². The van der Waals surface area contributed by atoms with Gasteiger partial charge in [0.05, 0.1) is 13.2 Å². The van der Waals surface area contributed by atoms with E-state index in [1.54, 1.807) is 7.11 Å². The Bertz CT molecular complexity index is 415. The topological polar surface area (TPSA) is 38.7 Å². The van der Waals surface area contributed by atoms with Crippen molar-refractivity contribution in [1.29, 1.82) is 0 Å². The Morgan fingerprint density at radius 3 is 2.78 bits per heavy atom. The molecule has 0 radical (unpaired) electrons. The number of rotatable bonds is 6. The normalized spacial score (nSPS) is 9.72. The molecule has 0 amide bonds. The molecule has 1 N–H and O–H groups in total. The lowest BCUT2D eigenvalue weighted by Crippen LogP contribution is -2.01. The van der Waals surface area contributed by atoms with Crippen molar-refractivity contribution >= 4 is 0 Å². The van der Waals surface area contributed by atoms with E-state index in [2.05, 4.69) is 11.8 Å². The fraction of sp³-hybridized carbons (Fsp3) is 0.467. The predicted molar refractivity (Wildman–Crippen MR) is 71.7 cm³/mol. The number of aliphatic hydroxyl groups excluding tert-OH is 1. The summed E-state index contributed by atoms with van der Waals surface area (Å²) in [6.07, 6.45) is 1.39. The Morgan fingerprint density at radius 2 is 2.11 bits per heavy atom. The minimum atomic E-state index is 0.104. The highest BCUT2D eigenvalue weighted by molar-refractivity contribution is 5.44. The number of aryl methyl sites for hydroxylation is 1. The summed E-state index contributed by atoms with van der Waals surface area (Å²) < 4.78 is 10.6. The van der Waals surface area contributed by atoms with Crippen molar-refractivity contribution in [3.05, 3.63) is 29.3 Å². The highest BCUT2D eigenvalue weighted by Crippen LogP contribution is 2.16. The van der Waals surface area contributed by atoms with Crippen LogP contribution in [-0.4, -0.2) is 32.0 Å². The Morgan fingerprint density at radius 1 is 1.28 bits per heavy atom. The summed E-state index contributed by atoms with van der Waals surface area (Å²) in [4.78, 5) is 0.